The smallest absolute Gasteiger partial charge is 0.327 e. The molecule has 0 fully saturated rings. The van der Waals surface area contributed by atoms with Gasteiger partial charge in [0.25, 0.3) is 11.1 Å². The molecule has 0 amide bonds. The first-order chi connectivity index (χ1) is 13.0. The third-order valence-corrected chi connectivity index (χ3v) is 4.28. The van der Waals surface area contributed by atoms with Crippen molar-refractivity contribution in [1.29, 1.82) is 0 Å². The molecule has 1 N–H and O–H groups in total. The number of halogens is 2. The number of fused-ring (bicyclic) bond motifs is 1. The maximum absolute atomic E-state index is 12.3. The fourth-order valence-electron chi connectivity index (χ4n) is 2.45. The van der Waals surface area contributed by atoms with Crippen LogP contribution in [0.1, 0.15) is 0 Å². The highest BCUT2D eigenvalue weighted by atomic mass is 35.5. The van der Waals surface area contributed by atoms with Crippen molar-refractivity contribution < 1.29 is 14.3 Å². The average molecular weight is 409 g/mol. The van der Waals surface area contributed by atoms with Crippen LogP contribution in [0.15, 0.2) is 52.1 Å². The summed E-state index contributed by atoms with van der Waals surface area (Å²) < 4.78 is 11.3. The molecule has 7 nitrogen and oxygen atoms in total. The number of hydrogen-bond donors (Lipinski definition) is 1. The van der Waals surface area contributed by atoms with E-state index in [1.165, 1.54) is 12.1 Å². The number of nitrogens with one attached hydrogen (secondary N) is 1. The number of carbonyl (C=O) groups is 1. The van der Waals surface area contributed by atoms with Crippen LogP contribution < -0.4 is 15.9 Å². The van der Waals surface area contributed by atoms with Gasteiger partial charge in [0.1, 0.15) is 19.8 Å². The quantitative estimate of drug-likeness (QED) is 0.499. The van der Waals surface area contributed by atoms with E-state index in [2.05, 4.69) is 5.10 Å². The van der Waals surface area contributed by atoms with Gasteiger partial charge in [-0.25, -0.2) is 4.68 Å². The van der Waals surface area contributed by atoms with Gasteiger partial charge in [0.15, 0.2) is 5.75 Å². The van der Waals surface area contributed by atoms with Crippen LogP contribution in [0.4, 0.5) is 0 Å². The van der Waals surface area contributed by atoms with Crippen LogP contribution in [0.2, 0.25) is 10.0 Å². The number of nitrogens with zero attached hydrogens (tertiary/aromatic N) is 1. The molecular weight excluding hydrogens is 395 g/mol. The van der Waals surface area contributed by atoms with Gasteiger partial charge in [0.05, 0.1) is 20.8 Å². The molecule has 1 heterocycles. The zero-order valence-electron chi connectivity index (χ0n) is 13.9. The molecule has 0 saturated heterocycles. The number of aromatic nitrogens is 2. The average Bonchev–Trinajstić information content (AvgIpc) is 2.65. The van der Waals surface area contributed by atoms with E-state index in [4.69, 9.17) is 32.7 Å². The fourth-order valence-corrected chi connectivity index (χ4v) is 2.96. The van der Waals surface area contributed by atoms with Gasteiger partial charge >= 0.3 is 5.97 Å². The number of ether oxygens (including phenoxy) is 2. The summed E-state index contributed by atoms with van der Waals surface area (Å²) in [5.74, 6) is -0.399. The normalized spacial score (nSPS) is 10.7. The Morgan fingerprint density at radius 2 is 1.63 bits per heavy atom. The van der Waals surface area contributed by atoms with Crippen LogP contribution in [-0.4, -0.2) is 29.0 Å². The van der Waals surface area contributed by atoms with E-state index in [1.807, 2.05) is 0 Å². The van der Waals surface area contributed by atoms with Crippen molar-refractivity contribution in [2.45, 2.75) is 6.54 Å². The highest BCUT2D eigenvalue weighted by Crippen LogP contribution is 2.32. The number of rotatable bonds is 6. The first-order valence-corrected chi connectivity index (χ1v) is 8.67. The first kappa shape index (κ1) is 19.0. The molecular formula is C18H14Cl2N2O5. The lowest BCUT2D eigenvalue weighted by atomic mass is 10.2. The van der Waals surface area contributed by atoms with Gasteiger partial charge in [-0.15, -0.1) is 0 Å². The minimum absolute atomic E-state index is 0.0261. The number of benzene rings is 2. The molecule has 0 bridgehead atoms. The van der Waals surface area contributed by atoms with Crippen molar-refractivity contribution in [2.75, 3.05) is 13.2 Å². The molecule has 0 saturated carbocycles. The van der Waals surface area contributed by atoms with E-state index in [9.17, 15) is 14.4 Å². The van der Waals surface area contributed by atoms with Crippen LogP contribution in [-0.2, 0) is 16.1 Å². The minimum Gasteiger partial charge on any atom is -0.487 e. The number of para-hydroxylation sites is 1. The largest absolute Gasteiger partial charge is 0.487 e. The molecule has 0 radical (unpaired) electrons. The van der Waals surface area contributed by atoms with Gasteiger partial charge in [-0.2, -0.15) is 0 Å². The van der Waals surface area contributed by atoms with E-state index in [0.717, 1.165) is 4.68 Å². The maximum atomic E-state index is 12.3. The van der Waals surface area contributed by atoms with E-state index >= 15 is 0 Å². The standard InChI is InChI=1S/C18H14Cl2N2O5/c19-13-6-3-7-14(20)16(13)27-9-8-26-15(23)10-22-18(25)12-5-2-1-4-11(12)17(24)21-22/h1-7H,8-10H2,(H,21,24). The Bertz CT molecular complexity index is 1090. The van der Waals surface area contributed by atoms with E-state index in [0.29, 0.717) is 15.8 Å². The van der Waals surface area contributed by atoms with Crippen molar-refractivity contribution in [3.8, 4) is 5.75 Å². The summed E-state index contributed by atoms with van der Waals surface area (Å²) in [6.45, 7) is -0.475. The number of esters is 1. The van der Waals surface area contributed by atoms with Crippen molar-refractivity contribution in [2.24, 2.45) is 0 Å². The Labute approximate surface area is 163 Å². The number of carbonyl (C=O) groups excluding carboxylic acids is 1. The number of hydrogen-bond acceptors (Lipinski definition) is 5. The van der Waals surface area contributed by atoms with Gasteiger partial charge in [-0.3, -0.25) is 19.5 Å². The Hall–Kier alpha value is -2.77. The predicted molar refractivity (Wildman–Crippen MR) is 102 cm³/mol. The van der Waals surface area contributed by atoms with Crippen molar-refractivity contribution in [3.63, 3.8) is 0 Å². The third kappa shape index (κ3) is 4.32. The molecule has 3 aromatic rings. The van der Waals surface area contributed by atoms with Crippen LogP contribution in [0.5, 0.6) is 5.75 Å². The molecule has 9 heteroatoms. The van der Waals surface area contributed by atoms with Gasteiger partial charge < -0.3 is 9.47 Å². The molecule has 3 rings (SSSR count). The Morgan fingerprint density at radius 1 is 0.963 bits per heavy atom. The van der Waals surface area contributed by atoms with Gasteiger partial charge in [0.2, 0.25) is 0 Å². The van der Waals surface area contributed by atoms with E-state index < -0.39 is 23.6 Å². The molecule has 2 aromatic carbocycles. The van der Waals surface area contributed by atoms with Gasteiger partial charge in [-0.1, -0.05) is 41.4 Å². The van der Waals surface area contributed by atoms with E-state index in [-0.39, 0.29) is 24.0 Å². The molecule has 27 heavy (non-hydrogen) atoms. The second-order valence-electron chi connectivity index (χ2n) is 5.50. The summed E-state index contributed by atoms with van der Waals surface area (Å²) in [6, 6.07) is 11.3. The lowest BCUT2D eigenvalue weighted by molar-refractivity contribution is -0.145. The van der Waals surface area contributed by atoms with Crippen LogP contribution in [0.25, 0.3) is 10.8 Å². The minimum atomic E-state index is -0.697. The molecule has 0 unspecified atom stereocenters. The molecule has 0 aliphatic carbocycles. The SMILES string of the molecule is O=C(Cn1[nH]c(=O)c2ccccc2c1=O)OCCOc1c(Cl)cccc1Cl. The summed E-state index contributed by atoms with van der Waals surface area (Å²) in [5, 5.41) is 3.53. The summed E-state index contributed by atoms with van der Waals surface area (Å²) >= 11 is 11.9. The first-order valence-electron chi connectivity index (χ1n) is 7.91. The Kier molecular flexibility index (Phi) is 5.83. The molecule has 140 valence electrons. The fraction of sp³-hybridized carbons (Fsp3) is 0.167. The summed E-state index contributed by atoms with van der Waals surface area (Å²) in [4.78, 5) is 36.3. The van der Waals surface area contributed by atoms with Crippen molar-refractivity contribution in [3.05, 3.63) is 73.2 Å². The highest BCUT2D eigenvalue weighted by Gasteiger charge is 2.11. The van der Waals surface area contributed by atoms with Crippen LogP contribution in [0, 0.1) is 0 Å². The van der Waals surface area contributed by atoms with Crippen molar-refractivity contribution in [1.82, 2.24) is 9.78 Å². The maximum Gasteiger partial charge on any atom is 0.327 e. The van der Waals surface area contributed by atoms with Crippen LogP contribution in [0.3, 0.4) is 0 Å². The van der Waals surface area contributed by atoms with Crippen LogP contribution >= 0.6 is 23.2 Å². The molecule has 0 aliphatic heterocycles. The number of aromatic amines is 1. The Morgan fingerprint density at radius 3 is 2.33 bits per heavy atom. The summed E-state index contributed by atoms with van der Waals surface area (Å²) in [7, 11) is 0. The van der Waals surface area contributed by atoms with Gasteiger partial charge in [-0.05, 0) is 24.3 Å². The zero-order valence-corrected chi connectivity index (χ0v) is 15.4. The van der Waals surface area contributed by atoms with Crippen molar-refractivity contribution >= 4 is 39.9 Å². The monoisotopic (exact) mass is 408 g/mol. The lowest BCUT2D eigenvalue weighted by Crippen LogP contribution is -2.33. The lowest BCUT2D eigenvalue weighted by Gasteiger charge is -2.11. The third-order valence-electron chi connectivity index (χ3n) is 3.68. The zero-order chi connectivity index (χ0) is 19.4. The molecule has 0 atom stereocenters. The molecule has 1 aromatic heterocycles. The summed E-state index contributed by atoms with van der Waals surface area (Å²) in [5.41, 5.74) is -0.948. The van der Waals surface area contributed by atoms with Gasteiger partial charge in [0, 0.05) is 0 Å². The number of H-pyrrole nitrogens is 1. The second-order valence-corrected chi connectivity index (χ2v) is 6.31. The predicted octanol–water partition coefficient (Wildman–Crippen LogP) is 2.62. The Balaban J connectivity index is 1.60. The molecule has 0 aliphatic rings. The van der Waals surface area contributed by atoms with E-state index in [1.54, 1.807) is 30.3 Å². The highest BCUT2D eigenvalue weighted by molar-refractivity contribution is 6.37. The topological polar surface area (TPSA) is 90.4 Å². The second kappa shape index (κ2) is 8.28. The summed E-state index contributed by atoms with van der Waals surface area (Å²) in [6.07, 6.45) is 0. The molecule has 0 spiro atoms.